The summed E-state index contributed by atoms with van der Waals surface area (Å²) < 4.78 is 0. The van der Waals surface area contributed by atoms with Gasteiger partial charge in [0.05, 0.1) is 0 Å². The van der Waals surface area contributed by atoms with E-state index in [9.17, 15) is 0 Å². The first-order valence-corrected chi connectivity index (χ1v) is 0. The molecule has 0 fully saturated rings. The molecule has 0 atom stereocenters. The summed E-state index contributed by atoms with van der Waals surface area (Å²) in [5, 5.41) is 0. The largest absolute Gasteiger partial charge is 1.00 e. The minimum atomic E-state index is 0. The van der Waals surface area contributed by atoms with Crippen LogP contribution in [0.5, 0.6) is 0 Å². The molecular weight excluding hydrogens is 157 g/mol. The molecule has 0 saturated carbocycles. The number of rotatable bonds is 0. The molecule has 0 aliphatic carbocycles. The summed E-state index contributed by atoms with van der Waals surface area (Å²) in [5.74, 6) is 0. The van der Waals surface area contributed by atoms with Crippen molar-refractivity contribution in [2.45, 2.75) is 0 Å². The van der Waals surface area contributed by atoms with Gasteiger partial charge < -0.3 is 1.43 Å². The minimum Gasteiger partial charge on any atom is -1.00 e. The van der Waals surface area contributed by atoms with Gasteiger partial charge in [0.2, 0.25) is 0 Å². The van der Waals surface area contributed by atoms with Crippen LogP contribution in [-0.2, 0) is 0 Å². The van der Waals surface area contributed by atoms with Gasteiger partial charge in [0.1, 0.15) is 0 Å². The fourth-order valence-electron chi connectivity index (χ4n) is 0. The van der Waals surface area contributed by atoms with Gasteiger partial charge in [0, 0.05) is 17.6 Å². The van der Waals surface area contributed by atoms with Crippen LogP contribution in [0.3, 0.4) is 0 Å². The van der Waals surface area contributed by atoms with Crippen molar-refractivity contribution in [3.05, 3.63) is 0 Å². The van der Waals surface area contributed by atoms with E-state index in [1.54, 1.807) is 0 Å². The van der Waals surface area contributed by atoms with E-state index in [-0.39, 0.29) is 51.9 Å². The van der Waals surface area contributed by atoms with Gasteiger partial charge in [-0.15, -0.1) is 0 Å². The Labute approximate surface area is 52.3 Å². The van der Waals surface area contributed by atoms with Crippen molar-refractivity contribution in [2.75, 3.05) is 0 Å². The first-order chi connectivity index (χ1) is 0. The van der Waals surface area contributed by atoms with Gasteiger partial charge in [0.25, 0.3) is 0 Å². The molecule has 0 aromatic heterocycles. The van der Waals surface area contributed by atoms with E-state index in [0.29, 0.717) is 0 Å². The second kappa shape index (κ2) is 30.0. The zero-order valence-electron chi connectivity index (χ0n) is 4.50. The SMILES string of the molecule is [Ge].[H-].[SiH3].[SiH3].[SiH3]. The van der Waals surface area contributed by atoms with Crippen LogP contribution in [0.4, 0.5) is 0 Å². The third kappa shape index (κ3) is 10.8. The Hall–Kier alpha value is 1.19. The minimum absolute atomic E-state index is 0. The Bertz CT molecular complexity index is 6.85. The molecule has 0 aromatic carbocycles. The van der Waals surface area contributed by atoms with Crippen LogP contribution >= 0.6 is 0 Å². The molecule has 0 bridgehead atoms. The quantitative estimate of drug-likeness (QED) is 0.324. The molecule has 4 heavy (non-hydrogen) atoms. The van der Waals surface area contributed by atoms with Crippen molar-refractivity contribution >= 4 is 50.5 Å². The molecule has 0 saturated heterocycles. The standard InChI is InChI=1S/Ge.3H3Si.H/h;3*1H3;/q;;;;-1. The molecule has 27 valence electrons. The van der Waals surface area contributed by atoms with Gasteiger partial charge in [-0.25, -0.2) is 0 Å². The molecule has 0 aromatic rings. The molecule has 0 unspecified atom stereocenters. The molecule has 0 aliphatic rings. The molecule has 7 radical (unpaired) electrons. The van der Waals surface area contributed by atoms with Gasteiger partial charge in [-0.2, -0.15) is 0 Å². The zero-order chi connectivity index (χ0) is 0. The Morgan fingerprint density at radius 1 is 0.750 bits per heavy atom. The first kappa shape index (κ1) is 64.1. The van der Waals surface area contributed by atoms with Crippen LogP contribution in [0.15, 0.2) is 0 Å². The van der Waals surface area contributed by atoms with E-state index in [1.807, 2.05) is 0 Å². The van der Waals surface area contributed by atoms with Crippen LogP contribution in [-0.4, -0.2) is 50.5 Å². The Balaban J connectivity index is 0. The van der Waals surface area contributed by atoms with Crippen LogP contribution in [0.2, 0.25) is 0 Å². The summed E-state index contributed by atoms with van der Waals surface area (Å²) >= 11 is 0. The Kier molecular flexibility index (Phi) is 481. The molecular formula is H10GeSi3-. The Morgan fingerprint density at radius 3 is 0.750 bits per heavy atom. The van der Waals surface area contributed by atoms with Crippen LogP contribution in [0.25, 0.3) is 0 Å². The molecule has 0 amide bonds. The third-order valence-corrected chi connectivity index (χ3v) is 0. The molecule has 0 heterocycles. The van der Waals surface area contributed by atoms with Gasteiger partial charge in [-0.05, 0) is 32.9 Å². The maximum atomic E-state index is 0. The van der Waals surface area contributed by atoms with Crippen molar-refractivity contribution in [3.8, 4) is 0 Å². The molecule has 0 aliphatic heterocycles. The predicted molar refractivity (Wildman–Crippen MR) is 36.7 cm³/mol. The summed E-state index contributed by atoms with van der Waals surface area (Å²) in [6.45, 7) is 0. The second-order valence-corrected chi connectivity index (χ2v) is 0. The van der Waals surface area contributed by atoms with Gasteiger partial charge >= 0.3 is 0 Å². The second-order valence-electron chi connectivity index (χ2n) is 0. The molecule has 0 N–H and O–H groups in total. The summed E-state index contributed by atoms with van der Waals surface area (Å²) in [6, 6.07) is 0. The molecule has 4 heteroatoms. The van der Waals surface area contributed by atoms with Crippen LogP contribution < -0.4 is 0 Å². The van der Waals surface area contributed by atoms with E-state index in [4.69, 9.17) is 0 Å². The van der Waals surface area contributed by atoms with E-state index < -0.39 is 0 Å². The normalized spacial score (nSPS) is 0. The maximum absolute atomic E-state index is 0. The zero-order valence-corrected chi connectivity index (χ0v) is 11.6. The molecule has 0 nitrogen and oxygen atoms in total. The fourth-order valence-corrected chi connectivity index (χ4v) is 0. The smallest absolute Gasteiger partial charge is 0 e. The van der Waals surface area contributed by atoms with Gasteiger partial charge in [-0.3, -0.25) is 0 Å². The monoisotopic (exact) mass is 168 g/mol. The van der Waals surface area contributed by atoms with Gasteiger partial charge in [0.15, 0.2) is 0 Å². The average molecular weight is 167 g/mol. The average Bonchev–Trinajstić information content (AvgIpc) is 0. The van der Waals surface area contributed by atoms with E-state index in [0.717, 1.165) is 0 Å². The summed E-state index contributed by atoms with van der Waals surface area (Å²) in [7, 11) is 0. The summed E-state index contributed by atoms with van der Waals surface area (Å²) in [6.07, 6.45) is 0. The van der Waals surface area contributed by atoms with Crippen molar-refractivity contribution in [3.63, 3.8) is 0 Å². The molecule has 0 spiro atoms. The summed E-state index contributed by atoms with van der Waals surface area (Å²) in [5.41, 5.74) is 0. The van der Waals surface area contributed by atoms with Gasteiger partial charge in [-0.1, -0.05) is 0 Å². The van der Waals surface area contributed by atoms with Crippen LogP contribution in [0, 0.1) is 0 Å². The first-order valence-electron chi connectivity index (χ1n) is 0. The topological polar surface area (TPSA) is 0 Å². The van der Waals surface area contributed by atoms with E-state index in [2.05, 4.69) is 0 Å². The predicted octanol–water partition coefficient (Wildman–Crippen LogP) is -3.82. The molecule has 0 rings (SSSR count). The van der Waals surface area contributed by atoms with Crippen molar-refractivity contribution in [1.29, 1.82) is 0 Å². The third-order valence-electron chi connectivity index (χ3n) is 0. The number of hydrogen-bond acceptors (Lipinski definition) is 0. The number of hydrogen-bond donors (Lipinski definition) is 0. The van der Waals surface area contributed by atoms with E-state index >= 15 is 0 Å². The Morgan fingerprint density at radius 2 is 0.750 bits per heavy atom. The fraction of sp³-hybridized carbons (Fsp3) is 0. The van der Waals surface area contributed by atoms with E-state index in [1.165, 1.54) is 0 Å². The summed E-state index contributed by atoms with van der Waals surface area (Å²) in [4.78, 5) is 0. The van der Waals surface area contributed by atoms with Crippen molar-refractivity contribution in [1.82, 2.24) is 0 Å². The van der Waals surface area contributed by atoms with Crippen molar-refractivity contribution < 1.29 is 1.43 Å². The van der Waals surface area contributed by atoms with Crippen LogP contribution in [0.1, 0.15) is 1.43 Å². The van der Waals surface area contributed by atoms with Crippen molar-refractivity contribution in [2.24, 2.45) is 0 Å². The maximum Gasteiger partial charge on any atom is 0 e.